The largest absolute Gasteiger partial charge is 0.478 e. The van der Waals surface area contributed by atoms with Crippen molar-refractivity contribution in [3.8, 4) is 0 Å². The summed E-state index contributed by atoms with van der Waals surface area (Å²) in [5.74, 6) is -1.77. The quantitative estimate of drug-likeness (QED) is 0.821. The minimum Gasteiger partial charge on any atom is -0.478 e. The zero-order valence-corrected chi connectivity index (χ0v) is 9.42. The van der Waals surface area contributed by atoms with E-state index in [1.807, 2.05) is 0 Å². The molecule has 16 heavy (non-hydrogen) atoms. The van der Waals surface area contributed by atoms with E-state index in [9.17, 15) is 9.59 Å². The van der Waals surface area contributed by atoms with Gasteiger partial charge in [0, 0.05) is 17.2 Å². The van der Waals surface area contributed by atoms with Crippen LogP contribution in [0.1, 0.15) is 0 Å². The molecule has 0 atom stereocenters. The highest BCUT2D eigenvalue weighted by molar-refractivity contribution is 6.36. The highest BCUT2D eigenvalue weighted by Crippen LogP contribution is 2.25. The molecule has 0 saturated heterocycles. The third-order valence-corrected chi connectivity index (χ3v) is 2.11. The van der Waals surface area contributed by atoms with Crippen LogP contribution in [0.15, 0.2) is 30.4 Å². The lowest BCUT2D eigenvalue weighted by atomic mass is 10.3. The summed E-state index contributed by atoms with van der Waals surface area (Å²) in [7, 11) is 0. The summed E-state index contributed by atoms with van der Waals surface area (Å²) in [5.41, 5.74) is 0.367. The van der Waals surface area contributed by atoms with Crippen molar-refractivity contribution in [2.24, 2.45) is 0 Å². The molecule has 0 aromatic heterocycles. The molecule has 84 valence electrons. The smallest absolute Gasteiger partial charge is 0.328 e. The predicted octanol–water partition coefficient (Wildman–Crippen LogP) is 2.57. The third-order valence-electron chi connectivity index (χ3n) is 1.57. The molecule has 1 aromatic carbocycles. The van der Waals surface area contributed by atoms with Gasteiger partial charge in [-0.25, -0.2) is 4.79 Å². The number of hydrogen-bond acceptors (Lipinski definition) is 2. The van der Waals surface area contributed by atoms with Crippen molar-refractivity contribution in [1.82, 2.24) is 0 Å². The van der Waals surface area contributed by atoms with E-state index in [1.165, 1.54) is 12.1 Å². The van der Waals surface area contributed by atoms with E-state index < -0.39 is 11.9 Å². The molecule has 0 spiro atoms. The van der Waals surface area contributed by atoms with Crippen LogP contribution in [0.3, 0.4) is 0 Å². The number of carbonyl (C=O) groups is 2. The number of rotatable bonds is 3. The summed E-state index contributed by atoms with van der Waals surface area (Å²) in [4.78, 5) is 21.4. The number of anilines is 1. The second-order valence-corrected chi connectivity index (χ2v) is 3.63. The van der Waals surface area contributed by atoms with Crippen molar-refractivity contribution in [1.29, 1.82) is 0 Å². The Kier molecular flexibility index (Phi) is 4.34. The molecule has 1 amide bonds. The van der Waals surface area contributed by atoms with Gasteiger partial charge in [0.25, 0.3) is 0 Å². The maximum absolute atomic E-state index is 11.2. The molecule has 1 aromatic rings. The third kappa shape index (κ3) is 3.92. The Morgan fingerprint density at radius 3 is 2.50 bits per heavy atom. The fourth-order valence-electron chi connectivity index (χ4n) is 0.912. The number of amides is 1. The number of carboxylic acids is 1. The average Bonchev–Trinajstić information content (AvgIpc) is 2.19. The van der Waals surface area contributed by atoms with Crippen molar-refractivity contribution < 1.29 is 14.7 Å². The number of benzene rings is 1. The molecule has 0 bridgehead atoms. The van der Waals surface area contributed by atoms with Gasteiger partial charge in [-0.15, -0.1) is 0 Å². The SMILES string of the molecule is O=C(O)C=CC(=O)Nc1ccc(Cl)cc1Cl. The van der Waals surface area contributed by atoms with Crippen molar-refractivity contribution in [3.63, 3.8) is 0 Å². The van der Waals surface area contributed by atoms with Gasteiger partial charge < -0.3 is 10.4 Å². The van der Waals surface area contributed by atoms with Gasteiger partial charge in [0.1, 0.15) is 0 Å². The lowest BCUT2D eigenvalue weighted by molar-refractivity contribution is -0.131. The molecule has 0 fully saturated rings. The van der Waals surface area contributed by atoms with Gasteiger partial charge in [0.05, 0.1) is 10.7 Å². The van der Waals surface area contributed by atoms with Crippen molar-refractivity contribution in [2.75, 3.05) is 5.32 Å². The second kappa shape index (κ2) is 5.53. The van der Waals surface area contributed by atoms with Crippen LogP contribution < -0.4 is 5.32 Å². The average molecular weight is 260 g/mol. The number of nitrogens with one attached hydrogen (secondary N) is 1. The number of carbonyl (C=O) groups excluding carboxylic acids is 1. The zero-order valence-electron chi connectivity index (χ0n) is 7.91. The Labute approximate surface area is 101 Å². The molecule has 0 aliphatic carbocycles. The van der Waals surface area contributed by atoms with Crippen LogP contribution in [0.25, 0.3) is 0 Å². The summed E-state index contributed by atoms with van der Waals surface area (Å²) in [6.07, 6.45) is 1.63. The first-order valence-electron chi connectivity index (χ1n) is 4.16. The molecule has 0 heterocycles. The molecular weight excluding hydrogens is 253 g/mol. The van der Waals surface area contributed by atoms with E-state index in [4.69, 9.17) is 28.3 Å². The van der Waals surface area contributed by atoms with Crippen molar-refractivity contribution >= 4 is 40.8 Å². The van der Waals surface area contributed by atoms with E-state index in [2.05, 4.69) is 5.32 Å². The van der Waals surface area contributed by atoms with Crippen LogP contribution in [0.2, 0.25) is 10.0 Å². The van der Waals surface area contributed by atoms with Crippen molar-refractivity contribution in [2.45, 2.75) is 0 Å². The van der Waals surface area contributed by atoms with Crippen LogP contribution in [0, 0.1) is 0 Å². The van der Waals surface area contributed by atoms with Crippen LogP contribution in [-0.4, -0.2) is 17.0 Å². The molecule has 0 saturated carbocycles. The van der Waals surface area contributed by atoms with E-state index in [1.54, 1.807) is 6.07 Å². The van der Waals surface area contributed by atoms with E-state index in [-0.39, 0.29) is 5.02 Å². The zero-order chi connectivity index (χ0) is 12.1. The number of halogens is 2. The first-order valence-corrected chi connectivity index (χ1v) is 4.91. The monoisotopic (exact) mass is 259 g/mol. The Balaban J connectivity index is 2.73. The topological polar surface area (TPSA) is 66.4 Å². The molecule has 0 unspecified atom stereocenters. The van der Waals surface area contributed by atoms with E-state index in [0.717, 1.165) is 12.2 Å². The highest BCUT2D eigenvalue weighted by atomic mass is 35.5. The normalized spacial score (nSPS) is 10.4. The minimum absolute atomic E-state index is 0.282. The maximum Gasteiger partial charge on any atom is 0.328 e. The summed E-state index contributed by atoms with van der Waals surface area (Å²) in [6, 6.07) is 4.56. The summed E-state index contributed by atoms with van der Waals surface area (Å²) in [5, 5.41) is 11.5. The van der Waals surface area contributed by atoms with Gasteiger partial charge in [-0.2, -0.15) is 0 Å². The molecule has 6 heteroatoms. The molecule has 2 N–H and O–H groups in total. The first-order chi connectivity index (χ1) is 7.49. The van der Waals surface area contributed by atoms with Gasteiger partial charge in [0.15, 0.2) is 0 Å². The standard InChI is InChI=1S/C10H7Cl2NO3/c11-6-1-2-8(7(12)5-6)13-9(14)3-4-10(15)16/h1-5H,(H,13,14)(H,15,16). The highest BCUT2D eigenvalue weighted by Gasteiger charge is 2.03. The van der Waals surface area contributed by atoms with Crippen molar-refractivity contribution in [3.05, 3.63) is 40.4 Å². The lowest BCUT2D eigenvalue weighted by Crippen LogP contribution is -2.08. The predicted molar refractivity (Wildman–Crippen MR) is 61.9 cm³/mol. The minimum atomic E-state index is -1.20. The fourth-order valence-corrected chi connectivity index (χ4v) is 1.37. The Hall–Kier alpha value is -1.52. The molecular formula is C10H7Cl2NO3. The van der Waals surface area contributed by atoms with Gasteiger partial charge in [-0.1, -0.05) is 23.2 Å². The second-order valence-electron chi connectivity index (χ2n) is 2.78. The molecule has 0 radical (unpaired) electrons. The van der Waals surface area contributed by atoms with Crippen LogP contribution >= 0.6 is 23.2 Å². The Morgan fingerprint density at radius 2 is 1.94 bits per heavy atom. The fraction of sp³-hybridized carbons (Fsp3) is 0. The van der Waals surface area contributed by atoms with Gasteiger partial charge >= 0.3 is 5.97 Å². The summed E-state index contributed by atoms with van der Waals surface area (Å²) >= 11 is 11.5. The number of hydrogen-bond donors (Lipinski definition) is 2. The van der Waals surface area contributed by atoms with Crippen LogP contribution in [-0.2, 0) is 9.59 Å². The van der Waals surface area contributed by atoms with E-state index in [0.29, 0.717) is 10.7 Å². The van der Waals surface area contributed by atoms with Crippen LogP contribution in [0.5, 0.6) is 0 Å². The summed E-state index contributed by atoms with van der Waals surface area (Å²) in [6.45, 7) is 0. The molecule has 1 rings (SSSR count). The number of carboxylic acid groups (broad SMARTS) is 1. The van der Waals surface area contributed by atoms with Gasteiger partial charge in [-0.05, 0) is 18.2 Å². The Bertz CT molecular complexity index is 457. The van der Waals surface area contributed by atoms with Crippen LogP contribution in [0.4, 0.5) is 5.69 Å². The van der Waals surface area contributed by atoms with E-state index >= 15 is 0 Å². The lowest BCUT2D eigenvalue weighted by Gasteiger charge is -2.04. The maximum atomic E-state index is 11.2. The van der Waals surface area contributed by atoms with Gasteiger partial charge in [0.2, 0.25) is 5.91 Å². The van der Waals surface area contributed by atoms with Gasteiger partial charge in [-0.3, -0.25) is 4.79 Å². The Morgan fingerprint density at radius 1 is 1.25 bits per heavy atom. The molecule has 0 aliphatic rings. The number of aliphatic carboxylic acids is 1. The molecule has 0 aliphatic heterocycles. The molecule has 4 nitrogen and oxygen atoms in total. The first kappa shape index (κ1) is 12.5. The summed E-state index contributed by atoms with van der Waals surface area (Å²) < 4.78 is 0.